The molecule has 0 bridgehead atoms. The molecule has 4 nitrogen and oxygen atoms in total. The highest BCUT2D eigenvalue weighted by Gasteiger charge is 2.22. The van der Waals surface area contributed by atoms with Crippen LogP contribution in [0.2, 0.25) is 0 Å². The van der Waals surface area contributed by atoms with Crippen LogP contribution in [0.3, 0.4) is 0 Å². The van der Waals surface area contributed by atoms with E-state index in [1.807, 2.05) is 0 Å². The van der Waals surface area contributed by atoms with E-state index in [9.17, 15) is 0 Å². The number of anilines is 6. The van der Waals surface area contributed by atoms with Crippen LogP contribution in [-0.4, -0.2) is 0 Å². The van der Waals surface area contributed by atoms with Crippen molar-refractivity contribution >= 4 is 143 Å². The van der Waals surface area contributed by atoms with Crippen LogP contribution in [0.1, 0.15) is 0 Å². The van der Waals surface area contributed by atoms with Gasteiger partial charge in [-0.15, -0.1) is 0 Å². The van der Waals surface area contributed by atoms with Gasteiger partial charge < -0.3 is 18.6 Å². The molecule has 4 heteroatoms. The molecule has 0 saturated heterocycles. The van der Waals surface area contributed by atoms with E-state index < -0.39 is 0 Å². The Kier molecular flexibility index (Phi) is 8.33. The maximum Gasteiger partial charge on any atom is 0.178 e. The lowest BCUT2D eigenvalue weighted by Gasteiger charge is -2.27. The van der Waals surface area contributed by atoms with Gasteiger partial charge in [-0.2, -0.15) is 0 Å². The molecule has 2 aromatic heterocycles. The molecule has 70 heavy (non-hydrogen) atoms. The number of fused-ring (bicyclic) bond motifs is 15. The molecular weight excluding hydrogens is 853 g/mol. The zero-order valence-electron chi connectivity index (χ0n) is 37.8. The van der Waals surface area contributed by atoms with Gasteiger partial charge in [0, 0.05) is 65.8 Å². The zero-order valence-corrected chi connectivity index (χ0v) is 37.8. The number of hydrogen-bond donors (Lipinski definition) is 0. The predicted molar refractivity (Wildman–Crippen MR) is 295 cm³/mol. The Bertz CT molecular complexity index is 4330. The SMILES string of the molecule is c1ccc2cc(N(c3ccc4c(ccc5c6ccc7c8ccc9cc(N(c%10ccc%11ccccc%11c%10)c%10cccc%11ccccc%10%11)ccc9c8oc7c6oc45)c3)c3cccc4ccccc34)ccc2c1. The standard InChI is InChI=1S/C66H40N2O2/c1-3-15-45-37-49(27-23-41(45)11-1)67(61-21-9-17-43-13-5-7-19-53(43)61)51-29-33-55-47(39-51)25-31-57-59-35-36-60-58-32-26-48-40-52(30-34-56(48)64(58)70-66(60)65(59)69-63(55)57)68(50-28-24-42-12-2-4-16-46(42)38-50)62-22-10-18-44-14-6-8-20-54(44)62/h1-40H. The lowest BCUT2D eigenvalue weighted by molar-refractivity contribution is 0.637. The van der Waals surface area contributed by atoms with Crippen LogP contribution in [0, 0.1) is 0 Å². The summed E-state index contributed by atoms with van der Waals surface area (Å²) in [5.41, 5.74) is 9.82. The van der Waals surface area contributed by atoms with Crippen LogP contribution in [0.25, 0.3) is 109 Å². The fraction of sp³-hybridized carbons (Fsp3) is 0. The summed E-state index contributed by atoms with van der Waals surface area (Å²) < 4.78 is 14.0. The highest BCUT2D eigenvalue weighted by molar-refractivity contribution is 6.24. The Morgan fingerprint density at radius 1 is 0.200 bits per heavy atom. The third kappa shape index (κ3) is 5.90. The lowest BCUT2D eigenvalue weighted by atomic mass is 10.0. The van der Waals surface area contributed by atoms with E-state index in [1.54, 1.807) is 0 Å². The van der Waals surface area contributed by atoms with E-state index in [0.29, 0.717) is 0 Å². The van der Waals surface area contributed by atoms with Crippen LogP contribution in [0.5, 0.6) is 0 Å². The summed E-state index contributed by atoms with van der Waals surface area (Å²) in [7, 11) is 0. The average molecular weight is 893 g/mol. The summed E-state index contributed by atoms with van der Waals surface area (Å²) in [5, 5.41) is 18.1. The van der Waals surface area contributed by atoms with Crippen LogP contribution in [0.4, 0.5) is 34.1 Å². The Morgan fingerprint density at radius 2 is 0.514 bits per heavy atom. The van der Waals surface area contributed by atoms with E-state index in [0.717, 1.165) is 99.5 Å². The normalized spacial score (nSPS) is 12.0. The van der Waals surface area contributed by atoms with Gasteiger partial charge in [-0.1, -0.05) is 146 Å². The van der Waals surface area contributed by atoms with E-state index in [4.69, 9.17) is 8.83 Å². The Morgan fingerprint density at radius 3 is 0.971 bits per heavy atom. The van der Waals surface area contributed by atoms with Crippen LogP contribution >= 0.6 is 0 Å². The Hall–Kier alpha value is -9.38. The minimum absolute atomic E-state index is 0.761. The first kappa shape index (κ1) is 38.7. The summed E-state index contributed by atoms with van der Waals surface area (Å²) in [6, 6.07) is 87.6. The van der Waals surface area contributed by atoms with Crippen molar-refractivity contribution < 1.29 is 8.83 Å². The first-order valence-electron chi connectivity index (χ1n) is 23.9. The molecule has 0 aliphatic heterocycles. The van der Waals surface area contributed by atoms with Gasteiger partial charge in [0.05, 0.1) is 11.4 Å². The summed E-state index contributed by atoms with van der Waals surface area (Å²) in [6.07, 6.45) is 0. The minimum atomic E-state index is 0.761. The highest BCUT2D eigenvalue weighted by atomic mass is 16.4. The molecule has 2 heterocycles. The molecule has 0 unspecified atom stereocenters. The number of benzene rings is 13. The molecule has 0 radical (unpaired) electrons. The van der Waals surface area contributed by atoms with E-state index >= 15 is 0 Å². The van der Waals surface area contributed by atoms with Crippen molar-refractivity contribution in [1.29, 1.82) is 0 Å². The van der Waals surface area contributed by atoms with E-state index in [1.165, 1.54) is 43.1 Å². The van der Waals surface area contributed by atoms with Gasteiger partial charge in [0.2, 0.25) is 0 Å². The second-order valence-corrected chi connectivity index (χ2v) is 18.4. The summed E-state index contributed by atoms with van der Waals surface area (Å²) in [4.78, 5) is 4.76. The molecule has 15 rings (SSSR count). The van der Waals surface area contributed by atoms with Gasteiger partial charge in [-0.3, -0.25) is 0 Å². The van der Waals surface area contributed by atoms with Gasteiger partial charge in [0.15, 0.2) is 11.2 Å². The monoisotopic (exact) mass is 892 g/mol. The van der Waals surface area contributed by atoms with Crippen LogP contribution in [0.15, 0.2) is 251 Å². The Labute approximate surface area is 402 Å². The van der Waals surface area contributed by atoms with Crippen molar-refractivity contribution in [3.8, 4) is 0 Å². The molecule has 0 fully saturated rings. The fourth-order valence-corrected chi connectivity index (χ4v) is 11.2. The molecule has 0 amide bonds. The summed E-state index contributed by atoms with van der Waals surface area (Å²) in [5.74, 6) is 0. The molecule has 326 valence electrons. The lowest BCUT2D eigenvalue weighted by Crippen LogP contribution is -2.10. The maximum absolute atomic E-state index is 7.00. The fourth-order valence-electron chi connectivity index (χ4n) is 11.2. The van der Waals surface area contributed by atoms with Gasteiger partial charge in [-0.05, 0) is 140 Å². The molecule has 0 atom stereocenters. The van der Waals surface area contributed by atoms with Crippen molar-refractivity contribution in [1.82, 2.24) is 0 Å². The second kappa shape index (κ2) is 15.1. The Balaban J connectivity index is 0.868. The highest BCUT2D eigenvalue weighted by Crippen LogP contribution is 2.47. The molecule has 0 N–H and O–H groups in total. The second-order valence-electron chi connectivity index (χ2n) is 18.4. The zero-order chi connectivity index (χ0) is 45.9. The van der Waals surface area contributed by atoms with Gasteiger partial charge in [0.1, 0.15) is 11.2 Å². The third-order valence-corrected chi connectivity index (χ3v) is 14.5. The maximum atomic E-state index is 7.00. The smallest absolute Gasteiger partial charge is 0.178 e. The molecule has 15 aromatic rings. The van der Waals surface area contributed by atoms with Crippen molar-refractivity contribution in [3.63, 3.8) is 0 Å². The van der Waals surface area contributed by atoms with Crippen molar-refractivity contribution in [3.05, 3.63) is 243 Å². The number of nitrogens with zero attached hydrogens (tertiary/aromatic N) is 2. The molecule has 13 aromatic carbocycles. The van der Waals surface area contributed by atoms with Crippen molar-refractivity contribution in [2.75, 3.05) is 9.80 Å². The third-order valence-electron chi connectivity index (χ3n) is 14.5. The molecular formula is C66H40N2O2. The molecule has 0 spiro atoms. The molecule has 0 aliphatic carbocycles. The largest absolute Gasteiger partial charge is 0.451 e. The topological polar surface area (TPSA) is 32.8 Å². The van der Waals surface area contributed by atoms with Crippen molar-refractivity contribution in [2.45, 2.75) is 0 Å². The summed E-state index contributed by atoms with van der Waals surface area (Å²) in [6.45, 7) is 0. The predicted octanol–water partition coefficient (Wildman–Crippen LogP) is 19.3. The number of rotatable bonds is 6. The quantitative estimate of drug-likeness (QED) is 0.166. The number of hydrogen-bond acceptors (Lipinski definition) is 4. The van der Waals surface area contributed by atoms with E-state index in [2.05, 4.69) is 252 Å². The van der Waals surface area contributed by atoms with Gasteiger partial charge in [-0.25, -0.2) is 0 Å². The van der Waals surface area contributed by atoms with E-state index in [-0.39, 0.29) is 0 Å². The number of furan rings is 2. The van der Waals surface area contributed by atoms with Crippen LogP contribution in [-0.2, 0) is 0 Å². The minimum Gasteiger partial charge on any atom is -0.451 e. The van der Waals surface area contributed by atoms with Gasteiger partial charge in [0.25, 0.3) is 0 Å². The summed E-state index contributed by atoms with van der Waals surface area (Å²) >= 11 is 0. The van der Waals surface area contributed by atoms with Crippen LogP contribution < -0.4 is 9.80 Å². The first-order valence-corrected chi connectivity index (χ1v) is 23.9. The average Bonchev–Trinajstić information content (AvgIpc) is 4.00. The molecule has 0 aliphatic rings. The first-order chi connectivity index (χ1) is 34.7. The van der Waals surface area contributed by atoms with Gasteiger partial charge >= 0.3 is 0 Å². The van der Waals surface area contributed by atoms with Crippen molar-refractivity contribution in [2.24, 2.45) is 0 Å². The molecule has 0 saturated carbocycles.